The highest BCUT2D eigenvalue weighted by Gasteiger charge is 2.37. The van der Waals surface area contributed by atoms with Gasteiger partial charge in [-0.2, -0.15) is 18.3 Å². The van der Waals surface area contributed by atoms with Crippen molar-refractivity contribution in [2.75, 3.05) is 5.32 Å². The van der Waals surface area contributed by atoms with Crippen molar-refractivity contribution in [3.8, 4) is 0 Å². The van der Waals surface area contributed by atoms with Crippen molar-refractivity contribution >= 4 is 22.5 Å². The lowest BCUT2D eigenvalue weighted by atomic mass is 10.1. The van der Waals surface area contributed by atoms with Crippen LogP contribution in [0.3, 0.4) is 0 Å². The predicted octanol–water partition coefficient (Wildman–Crippen LogP) is 4.01. The fourth-order valence-corrected chi connectivity index (χ4v) is 3.05. The number of alkyl halides is 3. The highest BCUT2D eigenvalue weighted by atomic mass is 19.4. The second-order valence-electron chi connectivity index (χ2n) is 6.22. The van der Waals surface area contributed by atoms with Crippen LogP contribution in [0.1, 0.15) is 22.4 Å². The highest BCUT2D eigenvalue weighted by molar-refractivity contribution is 5.93. The topological polar surface area (TPSA) is 59.8 Å². The number of pyridine rings is 1. The van der Waals surface area contributed by atoms with Crippen LogP contribution < -0.4 is 5.32 Å². The number of carbonyl (C=O) groups is 1. The molecule has 2 heterocycles. The molecule has 5 nitrogen and oxygen atoms in total. The summed E-state index contributed by atoms with van der Waals surface area (Å²) in [6, 6.07) is 5.27. The van der Waals surface area contributed by atoms with E-state index in [0.717, 1.165) is 27.6 Å². The van der Waals surface area contributed by atoms with Gasteiger partial charge in [-0.1, -0.05) is 17.7 Å². The molecule has 0 saturated heterocycles. The summed E-state index contributed by atoms with van der Waals surface area (Å²) in [5.41, 5.74) is 2.67. The molecular weight excluding hydrogens is 345 g/mol. The van der Waals surface area contributed by atoms with E-state index in [1.165, 1.54) is 12.3 Å². The molecule has 3 aromatic rings. The smallest absolute Gasteiger partial charge is 0.324 e. The Morgan fingerprint density at radius 1 is 1.19 bits per heavy atom. The summed E-state index contributed by atoms with van der Waals surface area (Å²) < 4.78 is 40.5. The molecule has 0 radical (unpaired) electrons. The summed E-state index contributed by atoms with van der Waals surface area (Å²) in [6.45, 7) is 5.36. The Bertz CT molecular complexity index is 969. The maximum atomic E-state index is 13.2. The Hall–Kier alpha value is -2.90. The standard InChI is InChI=1S/C18H17F3N4O/c1-10-6-11(2)16(12(3)7-10)23-15(26)9-25-14-4-5-22-8-13(14)17(24-25)18(19,20)21/h4-8H,9H2,1-3H3,(H,23,26). The second-order valence-corrected chi connectivity index (χ2v) is 6.22. The summed E-state index contributed by atoms with van der Waals surface area (Å²) in [5.74, 6) is -0.449. The van der Waals surface area contributed by atoms with Crippen LogP contribution in [-0.4, -0.2) is 20.7 Å². The number of aryl methyl sites for hydroxylation is 3. The third kappa shape index (κ3) is 3.40. The molecule has 0 atom stereocenters. The first-order valence-electron chi connectivity index (χ1n) is 7.92. The molecule has 8 heteroatoms. The summed E-state index contributed by atoms with van der Waals surface area (Å²) in [5, 5.41) is 6.23. The average Bonchev–Trinajstić information content (AvgIpc) is 2.90. The van der Waals surface area contributed by atoms with Gasteiger partial charge < -0.3 is 5.32 Å². The molecular formula is C18H17F3N4O. The number of nitrogens with one attached hydrogen (secondary N) is 1. The number of hydrogen-bond donors (Lipinski definition) is 1. The van der Waals surface area contributed by atoms with Gasteiger partial charge in [-0.3, -0.25) is 14.5 Å². The molecule has 0 spiro atoms. The van der Waals surface area contributed by atoms with Crippen molar-refractivity contribution in [3.63, 3.8) is 0 Å². The quantitative estimate of drug-likeness (QED) is 0.766. The fourth-order valence-electron chi connectivity index (χ4n) is 3.05. The van der Waals surface area contributed by atoms with Crippen molar-refractivity contribution in [3.05, 3.63) is 53.0 Å². The van der Waals surface area contributed by atoms with Gasteiger partial charge in [0.2, 0.25) is 5.91 Å². The van der Waals surface area contributed by atoms with Crippen molar-refractivity contribution in [2.24, 2.45) is 0 Å². The van der Waals surface area contributed by atoms with Gasteiger partial charge in [-0.15, -0.1) is 0 Å². The first kappa shape index (κ1) is 17.9. The van der Waals surface area contributed by atoms with E-state index in [9.17, 15) is 18.0 Å². The lowest BCUT2D eigenvalue weighted by Crippen LogP contribution is -2.21. The van der Waals surface area contributed by atoms with Gasteiger partial charge in [0.15, 0.2) is 5.69 Å². The van der Waals surface area contributed by atoms with Crippen LogP contribution >= 0.6 is 0 Å². The van der Waals surface area contributed by atoms with E-state index < -0.39 is 17.8 Å². The number of aromatic nitrogens is 3. The molecule has 2 aromatic heterocycles. The van der Waals surface area contributed by atoms with Crippen LogP contribution in [0.15, 0.2) is 30.6 Å². The van der Waals surface area contributed by atoms with Gasteiger partial charge in [-0.05, 0) is 38.0 Å². The predicted molar refractivity (Wildman–Crippen MR) is 91.8 cm³/mol. The number of nitrogens with zero attached hydrogens (tertiary/aromatic N) is 3. The normalized spacial score (nSPS) is 11.8. The number of halogens is 3. The van der Waals surface area contributed by atoms with E-state index in [0.29, 0.717) is 5.69 Å². The van der Waals surface area contributed by atoms with Crippen LogP contribution in [0.2, 0.25) is 0 Å². The first-order chi connectivity index (χ1) is 12.2. The van der Waals surface area contributed by atoms with Crippen LogP contribution in [0.4, 0.5) is 18.9 Å². The molecule has 1 N–H and O–H groups in total. The van der Waals surface area contributed by atoms with E-state index in [1.54, 1.807) is 0 Å². The molecule has 136 valence electrons. The van der Waals surface area contributed by atoms with Crippen molar-refractivity contribution in [1.29, 1.82) is 0 Å². The van der Waals surface area contributed by atoms with E-state index in [1.807, 2.05) is 32.9 Å². The monoisotopic (exact) mass is 362 g/mol. The number of carbonyl (C=O) groups excluding carboxylic acids is 1. The number of hydrogen-bond acceptors (Lipinski definition) is 3. The molecule has 26 heavy (non-hydrogen) atoms. The molecule has 0 aliphatic rings. The molecule has 0 fully saturated rings. The van der Waals surface area contributed by atoms with Crippen molar-refractivity contribution in [1.82, 2.24) is 14.8 Å². The first-order valence-corrected chi connectivity index (χ1v) is 7.92. The van der Waals surface area contributed by atoms with Gasteiger partial charge in [-0.25, -0.2) is 0 Å². The molecule has 1 amide bonds. The number of anilines is 1. The van der Waals surface area contributed by atoms with E-state index in [4.69, 9.17) is 0 Å². The minimum atomic E-state index is -4.62. The Balaban J connectivity index is 1.91. The number of fused-ring (bicyclic) bond motifs is 1. The van der Waals surface area contributed by atoms with Crippen LogP contribution in [0.5, 0.6) is 0 Å². The zero-order chi connectivity index (χ0) is 19.1. The minimum Gasteiger partial charge on any atom is -0.324 e. The maximum Gasteiger partial charge on any atom is 0.435 e. The van der Waals surface area contributed by atoms with E-state index in [2.05, 4.69) is 15.4 Å². The summed E-state index contributed by atoms with van der Waals surface area (Å²) >= 11 is 0. The lowest BCUT2D eigenvalue weighted by Gasteiger charge is -2.13. The van der Waals surface area contributed by atoms with Gasteiger partial charge in [0.25, 0.3) is 0 Å². The summed E-state index contributed by atoms with van der Waals surface area (Å²) in [7, 11) is 0. The number of rotatable bonds is 3. The third-order valence-corrected chi connectivity index (χ3v) is 4.06. The lowest BCUT2D eigenvalue weighted by molar-refractivity contribution is -0.140. The van der Waals surface area contributed by atoms with Gasteiger partial charge in [0.1, 0.15) is 6.54 Å². The Labute approximate surface area is 147 Å². The zero-order valence-electron chi connectivity index (χ0n) is 14.5. The van der Waals surface area contributed by atoms with E-state index in [-0.39, 0.29) is 17.4 Å². The summed E-state index contributed by atoms with van der Waals surface area (Å²) in [4.78, 5) is 16.1. The summed E-state index contributed by atoms with van der Waals surface area (Å²) in [6.07, 6.45) is -2.15. The average molecular weight is 362 g/mol. The van der Waals surface area contributed by atoms with Crippen molar-refractivity contribution < 1.29 is 18.0 Å². The zero-order valence-corrected chi connectivity index (χ0v) is 14.5. The SMILES string of the molecule is Cc1cc(C)c(NC(=O)Cn2nc(C(F)(F)F)c3cnccc32)c(C)c1. The minimum absolute atomic E-state index is 0.129. The molecule has 3 rings (SSSR count). The molecule has 0 bridgehead atoms. The van der Waals surface area contributed by atoms with Crippen LogP contribution in [0, 0.1) is 20.8 Å². The van der Waals surface area contributed by atoms with Gasteiger partial charge >= 0.3 is 6.18 Å². The maximum absolute atomic E-state index is 13.2. The molecule has 0 aliphatic heterocycles. The number of benzene rings is 1. The number of amides is 1. The fraction of sp³-hybridized carbons (Fsp3) is 0.278. The third-order valence-electron chi connectivity index (χ3n) is 4.06. The van der Waals surface area contributed by atoms with Crippen LogP contribution in [0.25, 0.3) is 10.9 Å². The Morgan fingerprint density at radius 2 is 1.85 bits per heavy atom. The van der Waals surface area contributed by atoms with Gasteiger partial charge in [0, 0.05) is 18.1 Å². The highest BCUT2D eigenvalue weighted by Crippen LogP contribution is 2.33. The molecule has 1 aromatic carbocycles. The largest absolute Gasteiger partial charge is 0.435 e. The Morgan fingerprint density at radius 3 is 2.46 bits per heavy atom. The molecule has 0 saturated carbocycles. The molecule has 0 aliphatic carbocycles. The van der Waals surface area contributed by atoms with Crippen LogP contribution in [-0.2, 0) is 17.5 Å². The van der Waals surface area contributed by atoms with E-state index >= 15 is 0 Å². The van der Waals surface area contributed by atoms with Gasteiger partial charge in [0.05, 0.1) is 10.9 Å². The second kappa shape index (κ2) is 6.44. The Kier molecular flexibility index (Phi) is 4.43. The molecule has 0 unspecified atom stereocenters. The van der Waals surface area contributed by atoms with Crippen molar-refractivity contribution in [2.45, 2.75) is 33.5 Å².